The Labute approximate surface area is 169 Å². The van der Waals surface area contributed by atoms with Crippen molar-refractivity contribution in [2.45, 2.75) is 24.4 Å². The van der Waals surface area contributed by atoms with Crippen molar-refractivity contribution in [1.82, 2.24) is 14.9 Å². The molecule has 1 atom stereocenters. The summed E-state index contributed by atoms with van der Waals surface area (Å²) < 4.78 is 27.2. The summed E-state index contributed by atoms with van der Waals surface area (Å²) in [5.41, 5.74) is 1.33. The third kappa shape index (κ3) is 5.54. The van der Waals surface area contributed by atoms with E-state index in [2.05, 4.69) is 10.0 Å². The Morgan fingerprint density at radius 3 is 2.18 bits per heavy atom. The summed E-state index contributed by atoms with van der Waals surface area (Å²) >= 11 is 5.77. The first-order valence-corrected chi connectivity index (χ1v) is 10.3. The number of rotatable bonds is 7. The predicted octanol–water partition coefficient (Wildman–Crippen LogP) is 2.02. The number of likely N-dealkylation sites (N-methyl/N-ethyl adjacent to an activating group) is 1. The molecule has 2 N–H and O–H groups in total. The molecule has 2 aromatic carbocycles. The molecule has 0 heterocycles. The lowest BCUT2D eigenvalue weighted by Crippen LogP contribution is -2.45. The Kier molecular flexibility index (Phi) is 7.17. The van der Waals surface area contributed by atoms with Gasteiger partial charge in [0.15, 0.2) is 0 Å². The summed E-state index contributed by atoms with van der Waals surface area (Å²) in [6.45, 7) is 1.76. The molecule has 150 valence electrons. The second-order valence-electron chi connectivity index (χ2n) is 6.27. The maximum atomic E-state index is 12.5. The highest BCUT2D eigenvalue weighted by Gasteiger charge is 2.24. The molecule has 0 aliphatic heterocycles. The Hall–Kier alpha value is -2.42. The molecule has 2 rings (SSSR count). The van der Waals surface area contributed by atoms with Crippen LogP contribution in [0.15, 0.2) is 53.4 Å². The fraction of sp³-hybridized carbons (Fsp3) is 0.263. The van der Waals surface area contributed by atoms with Crippen LogP contribution in [0.1, 0.15) is 22.8 Å². The van der Waals surface area contributed by atoms with E-state index in [1.54, 1.807) is 38.4 Å². The smallest absolute Gasteiger partial charge is 0.251 e. The Morgan fingerprint density at radius 2 is 1.64 bits per heavy atom. The summed E-state index contributed by atoms with van der Waals surface area (Å²) in [6.07, 6.45) is 0. The largest absolute Gasteiger partial charge is 0.355 e. The molecule has 0 fully saturated rings. The molecule has 0 spiro atoms. The fourth-order valence-electron chi connectivity index (χ4n) is 2.55. The number of sulfonamides is 1. The number of carbonyl (C=O) groups excluding carboxylic acids is 2. The number of nitrogens with zero attached hydrogens (tertiary/aromatic N) is 1. The van der Waals surface area contributed by atoms with Crippen molar-refractivity contribution in [3.8, 4) is 0 Å². The van der Waals surface area contributed by atoms with E-state index in [1.807, 2.05) is 0 Å². The fourth-order valence-corrected chi connectivity index (χ4v) is 3.88. The van der Waals surface area contributed by atoms with Gasteiger partial charge >= 0.3 is 0 Å². The van der Waals surface area contributed by atoms with Crippen LogP contribution in [-0.4, -0.2) is 45.3 Å². The van der Waals surface area contributed by atoms with Crippen molar-refractivity contribution in [1.29, 1.82) is 0 Å². The molecule has 2 aromatic rings. The monoisotopic (exact) mass is 423 g/mol. The summed E-state index contributed by atoms with van der Waals surface area (Å²) in [5, 5.41) is 2.96. The van der Waals surface area contributed by atoms with Gasteiger partial charge in [0.05, 0.1) is 10.9 Å². The summed E-state index contributed by atoms with van der Waals surface area (Å²) in [6, 6.07) is 11.6. The van der Waals surface area contributed by atoms with Crippen LogP contribution in [0.4, 0.5) is 0 Å². The van der Waals surface area contributed by atoms with E-state index >= 15 is 0 Å². The summed E-state index contributed by atoms with van der Waals surface area (Å²) in [7, 11) is -0.710. The predicted molar refractivity (Wildman–Crippen MR) is 108 cm³/mol. The maximum Gasteiger partial charge on any atom is 0.251 e. The van der Waals surface area contributed by atoms with Crippen molar-refractivity contribution in [3.63, 3.8) is 0 Å². The molecule has 2 amide bonds. The van der Waals surface area contributed by atoms with E-state index in [0.717, 1.165) is 5.56 Å². The van der Waals surface area contributed by atoms with E-state index in [1.165, 1.54) is 36.1 Å². The molecule has 28 heavy (non-hydrogen) atoms. The van der Waals surface area contributed by atoms with Gasteiger partial charge in [-0.25, -0.2) is 8.42 Å². The average molecular weight is 424 g/mol. The number of nitrogens with one attached hydrogen (secondary N) is 2. The molecule has 0 aliphatic carbocycles. The van der Waals surface area contributed by atoms with Crippen LogP contribution in [0, 0.1) is 0 Å². The zero-order valence-corrected chi connectivity index (χ0v) is 17.3. The van der Waals surface area contributed by atoms with Gasteiger partial charge in [0.1, 0.15) is 0 Å². The molecule has 0 saturated heterocycles. The first-order chi connectivity index (χ1) is 13.1. The van der Waals surface area contributed by atoms with Gasteiger partial charge in [-0.15, -0.1) is 0 Å². The van der Waals surface area contributed by atoms with Gasteiger partial charge in [-0.3, -0.25) is 9.59 Å². The van der Waals surface area contributed by atoms with Crippen molar-refractivity contribution < 1.29 is 18.0 Å². The van der Waals surface area contributed by atoms with Gasteiger partial charge in [0, 0.05) is 31.2 Å². The number of carbonyl (C=O) groups is 2. The molecule has 0 radical (unpaired) electrons. The summed E-state index contributed by atoms with van der Waals surface area (Å²) in [5.74, 6) is -0.575. The second kappa shape index (κ2) is 9.18. The topological polar surface area (TPSA) is 95.6 Å². The quantitative estimate of drug-likeness (QED) is 0.712. The number of benzene rings is 2. The first-order valence-electron chi connectivity index (χ1n) is 8.48. The summed E-state index contributed by atoms with van der Waals surface area (Å²) in [4.78, 5) is 25.6. The lowest BCUT2D eigenvalue weighted by Gasteiger charge is -2.22. The SMILES string of the molecule is CNC(=O)c1ccc(CN(C)C(=O)[C@H](C)NS(=O)(=O)c2ccc(Cl)cc2)cc1. The molecule has 9 heteroatoms. The second-order valence-corrected chi connectivity index (χ2v) is 8.42. The normalized spacial score (nSPS) is 12.3. The van der Waals surface area contributed by atoms with Crippen molar-refractivity contribution >= 4 is 33.4 Å². The van der Waals surface area contributed by atoms with Crippen LogP contribution in [0.2, 0.25) is 5.02 Å². The number of amides is 2. The van der Waals surface area contributed by atoms with Crippen LogP contribution in [0.5, 0.6) is 0 Å². The van der Waals surface area contributed by atoms with E-state index in [0.29, 0.717) is 10.6 Å². The van der Waals surface area contributed by atoms with Gasteiger partial charge in [-0.1, -0.05) is 23.7 Å². The van der Waals surface area contributed by atoms with Crippen molar-refractivity contribution in [3.05, 3.63) is 64.7 Å². The molecule has 0 bridgehead atoms. The molecular formula is C19H22ClN3O4S. The third-order valence-corrected chi connectivity index (χ3v) is 5.87. The first kappa shape index (κ1) is 21.9. The molecule has 0 aromatic heterocycles. The average Bonchev–Trinajstić information content (AvgIpc) is 2.67. The maximum absolute atomic E-state index is 12.5. The van der Waals surface area contributed by atoms with Crippen LogP contribution < -0.4 is 10.0 Å². The Bertz CT molecular complexity index is 944. The van der Waals surface area contributed by atoms with Gasteiger partial charge in [0.2, 0.25) is 15.9 Å². The highest BCUT2D eigenvalue weighted by molar-refractivity contribution is 7.89. The standard InChI is InChI=1S/C19H22ClN3O4S/c1-13(22-28(26,27)17-10-8-16(20)9-11-17)19(25)23(3)12-14-4-6-15(7-5-14)18(24)21-2/h4-11,13,22H,12H2,1-3H3,(H,21,24)/t13-/m0/s1. The molecular weight excluding hydrogens is 402 g/mol. The van der Waals surface area contributed by atoms with E-state index in [-0.39, 0.29) is 23.3 Å². The zero-order chi connectivity index (χ0) is 20.9. The van der Waals surface area contributed by atoms with Crippen LogP contribution in [0.3, 0.4) is 0 Å². The highest BCUT2D eigenvalue weighted by atomic mass is 35.5. The minimum Gasteiger partial charge on any atom is -0.355 e. The van der Waals surface area contributed by atoms with Crippen molar-refractivity contribution in [2.24, 2.45) is 0 Å². The number of halogens is 1. The molecule has 0 unspecified atom stereocenters. The van der Waals surface area contributed by atoms with Crippen LogP contribution in [-0.2, 0) is 21.4 Å². The highest BCUT2D eigenvalue weighted by Crippen LogP contribution is 2.15. The van der Waals surface area contributed by atoms with Crippen LogP contribution >= 0.6 is 11.6 Å². The number of hydrogen-bond donors (Lipinski definition) is 2. The molecule has 0 saturated carbocycles. The Balaban J connectivity index is 2.01. The Morgan fingerprint density at radius 1 is 1.07 bits per heavy atom. The van der Waals surface area contributed by atoms with Gasteiger partial charge < -0.3 is 10.2 Å². The lowest BCUT2D eigenvalue weighted by molar-refractivity contribution is -0.131. The minimum atomic E-state index is -3.85. The van der Waals surface area contributed by atoms with E-state index in [9.17, 15) is 18.0 Å². The van der Waals surface area contributed by atoms with E-state index < -0.39 is 16.1 Å². The van der Waals surface area contributed by atoms with Crippen molar-refractivity contribution in [2.75, 3.05) is 14.1 Å². The lowest BCUT2D eigenvalue weighted by atomic mass is 10.1. The number of hydrogen-bond acceptors (Lipinski definition) is 4. The third-order valence-electron chi connectivity index (χ3n) is 4.07. The van der Waals surface area contributed by atoms with Gasteiger partial charge in [-0.2, -0.15) is 4.72 Å². The van der Waals surface area contributed by atoms with Crippen LogP contribution in [0.25, 0.3) is 0 Å². The molecule has 0 aliphatic rings. The van der Waals surface area contributed by atoms with Gasteiger partial charge in [0.25, 0.3) is 5.91 Å². The minimum absolute atomic E-state index is 0.0315. The van der Waals surface area contributed by atoms with E-state index in [4.69, 9.17) is 11.6 Å². The zero-order valence-electron chi connectivity index (χ0n) is 15.8. The van der Waals surface area contributed by atoms with Gasteiger partial charge in [-0.05, 0) is 48.9 Å². The molecule has 7 nitrogen and oxygen atoms in total.